The molecule has 206 valence electrons. The van der Waals surface area contributed by atoms with Gasteiger partial charge in [-0.3, -0.25) is 0 Å². The normalized spacial score (nSPS) is 23.1. The van der Waals surface area contributed by atoms with Crippen molar-refractivity contribution in [1.29, 1.82) is 0 Å². The van der Waals surface area contributed by atoms with Gasteiger partial charge in [-0.05, 0) is 60.5 Å². The van der Waals surface area contributed by atoms with Crippen molar-refractivity contribution < 1.29 is 38.1 Å². The lowest BCUT2D eigenvalue weighted by molar-refractivity contribution is -0.163. The predicted molar refractivity (Wildman–Crippen MR) is 138 cm³/mol. The van der Waals surface area contributed by atoms with Gasteiger partial charge in [0.05, 0.1) is 25.9 Å². The van der Waals surface area contributed by atoms with Gasteiger partial charge in [0.15, 0.2) is 6.04 Å². The van der Waals surface area contributed by atoms with Gasteiger partial charge in [-0.1, -0.05) is 36.4 Å². The largest absolute Gasteiger partial charge is 0.458 e. The molecular weight excluding hydrogens is 478 g/mol. The van der Waals surface area contributed by atoms with Gasteiger partial charge in [-0.15, -0.1) is 6.58 Å². The van der Waals surface area contributed by atoms with E-state index < -0.39 is 47.6 Å². The van der Waals surface area contributed by atoms with Gasteiger partial charge in [-0.2, -0.15) is 4.90 Å². The van der Waals surface area contributed by atoms with Crippen molar-refractivity contribution in [1.82, 2.24) is 4.90 Å². The van der Waals surface area contributed by atoms with Gasteiger partial charge in [0.2, 0.25) is 0 Å². The number of benzene rings is 1. The van der Waals surface area contributed by atoms with Crippen LogP contribution in [0.1, 0.15) is 54.0 Å². The standard InChI is InChI=1S/C28H41NO8/c1-9-15-34-23-19(2)35-24(30)22(18-33-17-21(23)16-20-13-11-10-12-14-20)29(25(31)36-27(3,4)5)26(32)37-28(6,7)8/h9-14,19,21-23H,1,15-18H2,2-8H3. The maximum atomic E-state index is 13.4. The van der Waals surface area contributed by atoms with Crippen LogP contribution in [0.4, 0.5) is 9.59 Å². The van der Waals surface area contributed by atoms with Gasteiger partial charge >= 0.3 is 18.2 Å². The number of carbonyl (C=O) groups is 3. The molecule has 2 amide bonds. The minimum atomic E-state index is -1.41. The van der Waals surface area contributed by atoms with E-state index in [1.54, 1.807) is 54.5 Å². The Morgan fingerprint density at radius 2 is 1.59 bits per heavy atom. The fraction of sp³-hybridized carbons (Fsp3) is 0.607. The average molecular weight is 520 g/mol. The molecular formula is C28H41NO8. The predicted octanol–water partition coefficient (Wildman–Crippen LogP) is 4.92. The number of carbonyl (C=O) groups excluding carboxylic acids is 3. The molecule has 0 aromatic heterocycles. The summed E-state index contributed by atoms with van der Waals surface area (Å²) in [7, 11) is 0. The van der Waals surface area contributed by atoms with Crippen molar-refractivity contribution >= 4 is 18.2 Å². The highest BCUT2D eigenvalue weighted by atomic mass is 16.6. The number of esters is 1. The van der Waals surface area contributed by atoms with Crippen LogP contribution >= 0.6 is 0 Å². The Balaban J connectivity index is 2.39. The topological polar surface area (TPSA) is 101 Å². The van der Waals surface area contributed by atoms with E-state index in [-0.39, 0.29) is 25.7 Å². The number of hydrogen-bond donors (Lipinski definition) is 0. The lowest BCUT2D eigenvalue weighted by Gasteiger charge is -2.32. The molecule has 4 unspecified atom stereocenters. The molecule has 1 heterocycles. The summed E-state index contributed by atoms with van der Waals surface area (Å²) in [6.45, 7) is 15.6. The van der Waals surface area contributed by atoms with E-state index in [1.165, 1.54) is 0 Å². The average Bonchev–Trinajstić information content (AvgIpc) is 2.80. The molecule has 1 fully saturated rings. The van der Waals surface area contributed by atoms with Gasteiger partial charge in [0, 0.05) is 5.92 Å². The molecule has 0 radical (unpaired) electrons. The molecule has 9 heteroatoms. The van der Waals surface area contributed by atoms with Crippen LogP contribution in [0.5, 0.6) is 0 Å². The number of cyclic esters (lactones) is 1. The summed E-state index contributed by atoms with van der Waals surface area (Å²) in [5, 5.41) is 0. The molecule has 1 aliphatic rings. The Morgan fingerprint density at radius 3 is 2.11 bits per heavy atom. The van der Waals surface area contributed by atoms with E-state index in [9.17, 15) is 14.4 Å². The number of ether oxygens (including phenoxy) is 5. The number of rotatable bonds is 6. The summed E-state index contributed by atoms with van der Waals surface area (Å²) in [6, 6.07) is 8.43. The second kappa shape index (κ2) is 13.1. The van der Waals surface area contributed by atoms with Gasteiger partial charge < -0.3 is 23.7 Å². The monoisotopic (exact) mass is 519 g/mol. The maximum absolute atomic E-state index is 13.4. The maximum Gasteiger partial charge on any atom is 0.420 e. The van der Waals surface area contributed by atoms with Crippen LogP contribution in [-0.4, -0.2) is 72.3 Å². The SMILES string of the molecule is C=CCOC1C(Cc2ccccc2)COCC(N(C(=O)OC(C)(C)C)C(=O)OC(C)(C)C)C(=O)OC1C. The minimum Gasteiger partial charge on any atom is -0.458 e. The molecule has 4 atom stereocenters. The van der Waals surface area contributed by atoms with Crippen LogP contribution in [0.3, 0.4) is 0 Å². The highest BCUT2D eigenvalue weighted by Crippen LogP contribution is 2.25. The van der Waals surface area contributed by atoms with E-state index in [2.05, 4.69) is 6.58 Å². The van der Waals surface area contributed by atoms with E-state index >= 15 is 0 Å². The third kappa shape index (κ3) is 9.81. The van der Waals surface area contributed by atoms with Crippen LogP contribution < -0.4 is 0 Å². The van der Waals surface area contributed by atoms with E-state index in [0.717, 1.165) is 5.56 Å². The molecule has 9 nitrogen and oxygen atoms in total. The molecule has 2 rings (SSSR count). The first-order chi connectivity index (χ1) is 17.2. The second-order valence-corrected chi connectivity index (χ2v) is 11.1. The van der Waals surface area contributed by atoms with E-state index in [0.29, 0.717) is 11.3 Å². The smallest absolute Gasteiger partial charge is 0.420 e. The van der Waals surface area contributed by atoms with Crippen molar-refractivity contribution in [3.05, 3.63) is 48.6 Å². The molecule has 1 aliphatic heterocycles. The van der Waals surface area contributed by atoms with Gasteiger partial charge in [0.25, 0.3) is 0 Å². The zero-order chi connectivity index (χ0) is 27.8. The van der Waals surface area contributed by atoms with Crippen LogP contribution in [0.25, 0.3) is 0 Å². The molecule has 1 aromatic rings. The zero-order valence-corrected chi connectivity index (χ0v) is 23.0. The first kappa shape index (κ1) is 30.3. The highest BCUT2D eigenvalue weighted by Gasteiger charge is 2.44. The van der Waals surface area contributed by atoms with Crippen molar-refractivity contribution in [2.24, 2.45) is 5.92 Å². The van der Waals surface area contributed by atoms with Crippen molar-refractivity contribution in [3.8, 4) is 0 Å². The van der Waals surface area contributed by atoms with Crippen LogP contribution in [-0.2, 0) is 34.9 Å². The Kier molecular flexibility index (Phi) is 10.7. The fourth-order valence-electron chi connectivity index (χ4n) is 3.88. The quantitative estimate of drug-likeness (QED) is 0.297. The number of nitrogens with zero attached hydrogens (tertiary/aromatic N) is 1. The summed E-state index contributed by atoms with van der Waals surface area (Å²) >= 11 is 0. The van der Waals surface area contributed by atoms with Crippen LogP contribution in [0.15, 0.2) is 43.0 Å². The van der Waals surface area contributed by atoms with Crippen LogP contribution in [0, 0.1) is 5.92 Å². The third-order valence-corrected chi connectivity index (χ3v) is 5.35. The molecule has 0 bridgehead atoms. The highest BCUT2D eigenvalue weighted by molar-refractivity contribution is 5.94. The van der Waals surface area contributed by atoms with Crippen molar-refractivity contribution in [3.63, 3.8) is 0 Å². The summed E-state index contributed by atoms with van der Waals surface area (Å²) < 4.78 is 28.6. The molecule has 37 heavy (non-hydrogen) atoms. The Bertz CT molecular complexity index is 890. The first-order valence-electron chi connectivity index (χ1n) is 12.5. The number of imide groups is 1. The minimum absolute atomic E-state index is 0.180. The molecule has 1 saturated heterocycles. The molecule has 1 aromatic carbocycles. The molecule has 0 saturated carbocycles. The summed E-state index contributed by atoms with van der Waals surface area (Å²) in [5.41, 5.74) is -0.766. The summed E-state index contributed by atoms with van der Waals surface area (Å²) in [5.74, 6) is -1.00. The molecule has 0 spiro atoms. The lowest BCUT2D eigenvalue weighted by Crippen LogP contribution is -2.54. The summed E-state index contributed by atoms with van der Waals surface area (Å²) in [4.78, 5) is 40.2. The van der Waals surface area contributed by atoms with Crippen molar-refractivity contribution in [2.45, 2.75) is 84.3 Å². The second-order valence-electron chi connectivity index (χ2n) is 11.1. The zero-order valence-electron chi connectivity index (χ0n) is 23.0. The first-order valence-corrected chi connectivity index (χ1v) is 12.5. The number of amides is 2. The number of hydrogen-bond acceptors (Lipinski definition) is 8. The Morgan fingerprint density at radius 1 is 1.03 bits per heavy atom. The summed E-state index contributed by atoms with van der Waals surface area (Å²) in [6.07, 6.45) is -1.05. The van der Waals surface area contributed by atoms with E-state index in [4.69, 9.17) is 23.7 Å². The lowest BCUT2D eigenvalue weighted by atomic mass is 9.91. The van der Waals surface area contributed by atoms with Gasteiger partial charge in [0.1, 0.15) is 17.3 Å². The Hall–Kier alpha value is -2.91. The molecule has 0 aliphatic carbocycles. The van der Waals surface area contributed by atoms with Crippen LogP contribution in [0.2, 0.25) is 0 Å². The van der Waals surface area contributed by atoms with Crippen molar-refractivity contribution in [2.75, 3.05) is 19.8 Å². The van der Waals surface area contributed by atoms with E-state index in [1.807, 2.05) is 30.3 Å². The fourth-order valence-corrected chi connectivity index (χ4v) is 3.88. The molecule has 0 N–H and O–H groups in total. The Labute approximate surface area is 220 Å². The van der Waals surface area contributed by atoms with Gasteiger partial charge in [-0.25, -0.2) is 14.4 Å². The third-order valence-electron chi connectivity index (χ3n) is 5.35.